The van der Waals surface area contributed by atoms with E-state index in [0.717, 1.165) is 162 Å². The Bertz CT molecular complexity index is 9500. The third kappa shape index (κ3) is 13.3. The molecule has 13 nitrogen and oxygen atoms in total. The molecule has 0 amide bonds. The molecule has 27 aromatic rings. The maximum absolute atomic E-state index is 13.0. The summed E-state index contributed by atoms with van der Waals surface area (Å²) in [7, 11) is 0.500. The summed E-state index contributed by atoms with van der Waals surface area (Å²) < 4.78 is 26.7. The highest BCUT2D eigenvalue weighted by Gasteiger charge is 2.37. The smallest absolute Gasteiger partial charge is 0.171 e. The third-order valence-electron chi connectivity index (χ3n) is 30.0. The second kappa shape index (κ2) is 37.3. The molecule has 5 aliphatic rings. The highest BCUT2D eigenvalue weighted by atomic mass is 31.1. The van der Waals surface area contributed by atoms with Crippen molar-refractivity contribution < 1.29 is 61.6 Å². The van der Waals surface area contributed by atoms with Crippen molar-refractivity contribution in [3.05, 3.63) is 310 Å². The fourth-order valence-corrected chi connectivity index (χ4v) is 25.1. The molecule has 0 fully saturated rings. The minimum absolute atomic E-state index is 0.0371. The average Bonchev–Trinajstić information content (AvgIpc) is 0.640. The fraction of sp³-hybridized carbons (Fsp3) is 0.154. The Morgan fingerprint density at radius 2 is 0.219 bits per heavy atom. The Morgan fingerprint density at radius 3 is 0.329 bits per heavy atom. The zero-order valence-electron chi connectivity index (χ0n) is 83.4. The lowest BCUT2D eigenvalue weighted by Crippen LogP contribution is -2.16. The van der Waals surface area contributed by atoms with Gasteiger partial charge in [0.2, 0.25) is 0 Å². The van der Waals surface area contributed by atoms with Crippen LogP contribution in [0.4, 0.5) is 0 Å². The molecule has 32 rings (SSSR count). The molecular formula is C130H97O13P3. The highest BCUT2D eigenvalue weighted by molar-refractivity contribution is 7.22. The Labute approximate surface area is 843 Å². The number of carbonyl (C=O) groups excluding carboxylic acids is 10. The van der Waals surface area contributed by atoms with Gasteiger partial charge in [-0.05, 0) is 232 Å². The Balaban J connectivity index is 0.000000119. The van der Waals surface area contributed by atoms with E-state index in [4.69, 9.17) is 13.7 Å². The standard InChI is InChI=1S/C46H20O4.C36H16O4.C33H16O2.6C2H6.3CH3OP/c47-35-17-36(48)32-14-10-28-24-7-3-21-22-4-8-26-30-12-16-34-38(50)18-37(49)33-15-11-29(44(30)46(33)34)25-6-2-20(40(22)42(25)26)19-1-5-23(41(24)39(19)21)27-9-13-31(35)45(32)43(27)28;37-27-13-28(38)24-11-7-21-17-3-4-18-22-8-12-26-30(40)14-29(39)25-10-6-20(34(22)36(25)26)16-2-1-15(31(17)32(16)18)19-5-9-23(27)35(24)33(19)21;34-27-15-28(35)26-14-12-24-22-10-8-20-18-6-2-4-16-3-1-5-17(29(16)18)19-7-9-21(31(22)30(19)20)23-11-13-25(27)33(26)32(23)24;6*1-2;3*1-3-2/h1-16H,17-18H2;1-12H,13-14H2;1-14H,15H2;6*1-2H3;3*1H3. The second-order valence-corrected chi connectivity index (χ2v) is 37.1. The van der Waals surface area contributed by atoms with Crippen LogP contribution in [0.1, 0.15) is 219 Å². The van der Waals surface area contributed by atoms with Crippen LogP contribution < -0.4 is 0 Å². The Kier molecular flexibility index (Phi) is 24.6. The second-order valence-electron chi connectivity index (χ2n) is 36.0. The minimum Gasteiger partial charge on any atom is -0.294 e. The van der Waals surface area contributed by atoms with Crippen LogP contribution in [0.25, 0.3) is 259 Å². The van der Waals surface area contributed by atoms with Gasteiger partial charge in [0, 0.05) is 103 Å². The summed E-state index contributed by atoms with van der Waals surface area (Å²) in [5.74, 6) is -1.06. The van der Waals surface area contributed by atoms with Crippen LogP contribution >= 0.6 is 25.4 Å². The number of rotatable bonds is 0. The normalized spacial score (nSPS) is 13.6. The quantitative estimate of drug-likeness (QED) is 0.0597. The number of carbonyl (C=O) groups is 10. The van der Waals surface area contributed by atoms with Crippen LogP contribution in [0, 0.1) is 0 Å². The van der Waals surface area contributed by atoms with Gasteiger partial charge in [-0.1, -0.05) is 338 Å². The number of benzene rings is 27. The van der Waals surface area contributed by atoms with Gasteiger partial charge in [-0.25, -0.2) is 0 Å². The Morgan fingerprint density at radius 1 is 0.130 bits per heavy atom. The van der Waals surface area contributed by atoms with Gasteiger partial charge in [0.25, 0.3) is 0 Å². The monoisotopic (exact) mass is 1960 g/mol. The van der Waals surface area contributed by atoms with E-state index in [-0.39, 0.29) is 115 Å². The van der Waals surface area contributed by atoms with Crippen molar-refractivity contribution in [1.29, 1.82) is 0 Å². The molecule has 0 unspecified atom stereocenters. The van der Waals surface area contributed by atoms with E-state index in [2.05, 4.69) is 170 Å². The van der Waals surface area contributed by atoms with E-state index in [1.54, 1.807) is 20.0 Å². The molecule has 0 aromatic heterocycles. The van der Waals surface area contributed by atoms with Gasteiger partial charge < -0.3 is 0 Å². The first-order chi connectivity index (χ1) is 71.4. The molecule has 0 spiro atoms. The molecule has 0 aliphatic heterocycles. The molecule has 146 heavy (non-hydrogen) atoms. The highest BCUT2D eigenvalue weighted by Crippen LogP contribution is 2.57. The molecule has 710 valence electrons. The molecule has 0 heterocycles. The first kappa shape index (κ1) is 96.1. The van der Waals surface area contributed by atoms with Crippen LogP contribution in [0.3, 0.4) is 0 Å². The maximum Gasteiger partial charge on any atom is 0.171 e. The first-order valence-electron chi connectivity index (χ1n) is 50.3. The molecule has 27 aromatic carbocycles. The number of hydrogen-bond donors (Lipinski definition) is 0. The number of Topliss-reactive ketones (excluding diaryl/α,β-unsaturated/α-hetero) is 10. The predicted octanol–water partition coefficient (Wildman–Crippen LogP) is 36.5. The largest absolute Gasteiger partial charge is 0.294 e. The molecule has 0 N–H and O–H groups in total. The maximum atomic E-state index is 13.0. The van der Waals surface area contributed by atoms with Gasteiger partial charge >= 0.3 is 0 Å². The summed E-state index contributed by atoms with van der Waals surface area (Å²) in [6, 6.07) is 88.2. The third-order valence-corrected chi connectivity index (χ3v) is 30.0. The van der Waals surface area contributed by atoms with E-state index in [1.807, 2.05) is 168 Å². The molecule has 0 atom stereocenters. The number of hydrogen-bond acceptors (Lipinski definition) is 13. The van der Waals surface area contributed by atoms with Gasteiger partial charge in [-0.3, -0.25) is 61.6 Å². The predicted molar refractivity (Wildman–Crippen MR) is 613 cm³/mol. The van der Waals surface area contributed by atoms with E-state index in [9.17, 15) is 47.9 Å². The van der Waals surface area contributed by atoms with Gasteiger partial charge in [0.05, 0.1) is 32.1 Å². The van der Waals surface area contributed by atoms with Gasteiger partial charge in [-0.2, -0.15) is 0 Å². The topological polar surface area (TPSA) is 222 Å². The van der Waals surface area contributed by atoms with Crippen molar-refractivity contribution >= 4 is 342 Å². The van der Waals surface area contributed by atoms with Gasteiger partial charge in [-0.15, -0.1) is 0 Å². The minimum atomic E-state index is -0.120. The van der Waals surface area contributed by atoms with Crippen molar-refractivity contribution in [2.45, 2.75) is 115 Å². The SMILES string of the molecule is CC.CC.CC.CC.CC.CC.CP=O.CP=O.CP=O.O=C1CC(=O)c2ccc3c4ccc5c6ccc7c8c(ccc(c9ccc(c%10ccc1c2c%103)c4c95)c86)C(=O)CC7=O.O=C1CC(=O)c2ccc3c4ccc5c6ccc7c8ccc9c%10c(ccc(c%11ccc(c%12ccc(c%13ccc1c2c%133)c4c%125)c6c%117)c%108)C(=O)CC9=O.O=C1CC(=O)c2ccc3c4ccc5c6cccc7cccc(c8ccc(c9ccc1c2c93)c4c85)c76. The van der Waals surface area contributed by atoms with Crippen molar-refractivity contribution in [2.24, 2.45) is 0 Å². The van der Waals surface area contributed by atoms with E-state index in [1.165, 1.54) is 97.0 Å². The summed E-state index contributed by atoms with van der Waals surface area (Å²) >= 11 is 0. The molecular weight excluding hydrogens is 1860 g/mol. The molecule has 0 radical (unpaired) electrons. The summed E-state index contributed by atoms with van der Waals surface area (Å²) in [6.07, 6.45) is -0.340. The van der Waals surface area contributed by atoms with Crippen molar-refractivity contribution in [3.8, 4) is 0 Å². The molecule has 5 aliphatic carbocycles. The van der Waals surface area contributed by atoms with Crippen molar-refractivity contribution in [1.82, 2.24) is 0 Å². The van der Waals surface area contributed by atoms with E-state index in [0.29, 0.717) is 55.6 Å². The van der Waals surface area contributed by atoms with Crippen LogP contribution in [-0.4, -0.2) is 77.8 Å². The van der Waals surface area contributed by atoms with E-state index < -0.39 is 0 Å². The lowest BCUT2D eigenvalue weighted by Gasteiger charge is -2.23. The summed E-state index contributed by atoms with van der Waals surface area (Å²) in [6.45, 7) is 28.6. The molecule has 0 saturated heterocycles. The molecule has 16 heteroatoms. The fourth-order valence-electron chi connectivity index (χ4n) is 25.1. The zero-order valence-corrected chi connectivity index (χ0v) is 86.1. The van der Waals surface area contributed by atoms with Crippen LogP contribution in [0.2, 0.25) is 0 Å². The lowest BCUT2D eigenvalue weighted by atomic mass is 9.78. The zero-order chi connectivity index (χ0) is 103. The number of ketones is 10. The Hall–Kier alpha value is -16.0. The summed E-state index contributed by atoms with van der Waals surface area (Å²) in [4.78, 5) is 129. The summed E-state index contributed by atoms with van der Waals surface area (Å²) in [5.41, 5.74) is 6.43. The molecule has 0 saturated carbocycles. The first-order valence-corrected chi connectivity index (χ1v) is 54.1. The number of fused-ring (bicyclic) bond motifs is 14. The van der Waals surface area contributed by atoms with Gasteiger partial charge in [0.1, 0.15) is 0 Å². The van der Waals surface area contributed by atoms with Crippen molar-refractivity contribution in [2.75, 3.05) is 20.0 Å². The molecule has 0 bridgehead atoms. The van der Waals surface area contributed by atoms with Crippen LogP contribution in [-0.2, 0) is 13.7 Å². The summed E-state index contributed by atoms with van der Waals surface area (Å²) in [5, 5.41) is 52.7. The van der Waals surface area contributed by atoms with E-state index >= 15 is 0 Å². The van der Waals surface area contributed by atoms with Crippen LogP contribution in [0.5, 0.6) is 0 Å². The average molecular weight is 1960 g/mol. The van der Waals surface area contributed by atoms with Crippen molar-refractivity contribution in [3.63, 3.8) is 0 Å². The van der Waals surface area contributed by atoms with Gasteiger partial charge in [0.15, 0.2) is 83.2 Å². The lowest BCUT2D eigenvalue weighted by molar-refractivity contribution is 0.0874. The van der Waals surface area contributed by atoms with Crippen LogP contribution in [0.15, 0.2) is 255 Å².